The van der Waals surface area contributed by atoms with Crippen LogP contribution in [0.4, 0.5) is 0 Å². The maximum Gasteiger partial charge on any atom is 0.172 e. The Morgan fingerprint density at radius 3 is 2.00 bits per heavy atom. The quantitative estimate of drug-likeness (QED) is 0.520. The van der Waals surface area contributed by atoms with Gasteiger partial charge in [0.1, 0.15) is 0 Å². The zero-order valence-electron chi connectivity index (χ0n) is 7.20. The fraction of sp³-hybridized carbons (Fsp3) is 0.889. The van der Waals surface area contributed by atoms with Crippen molar-refractivity contribution in [3.8, 4) is 0 Å². The van der Waals surface area contributed by atoms with E-state index < -0.39 is 0 Å². The summed E-state index contributed by atoms with van der Waals surface area (Å²) in [6.07, 6.45) is 5.47. The molecule has 0 aromatic carbocycles. The summed E-state index contributed by atoms with van der Waals surface area (Å²) in [5.74, 6) is 0. The number of fused-ring (bicyclic) bond motifs is 3. The molecule has 3 aliphatic heterocycles. The summed E-state index contributed by atoms with van der Waals surface area (Å²) in [6, 6.07) is 1.58. The summed E-state index contributed by atoms with van der Waals surface area (Å²) in [4.78, 5) is 4.92. The van der Waals surface area contributed by atoms with Crippen molar-refractivity contribution < 1.29 is 0 Å². The van der Waals surface area contributed by atoms with Gasteiger partial charge in [-0.15, -0.1) is 0 Å². The lowest BCUT2D eigenvalue weighted by atomic mass is 10.1. The first-order chi connectivity index (χ1) is 5.88. The van der Waals surface area contributed by atoms with Crippen molar-refractivity contribution in [3.63, 3.8) is 0 Å². The predicted octanol–water partition coefficient (Wildman–Crippen LogP) is 1.21. The number of hydrogen-bond donors (Lipinski definition) is 0. The molecule has 0 bridgehead atoms. The van der Waals surface area contributed by atoms with E-state index >= 15 is 0 Å². The van der Waals surface area contributed by atoms with Crippen molar-refractivity contribution >= 4 is 17.3 Å². The van der Waals surface area contributed by atoms with Gasteiger partial charge in [-0.3, -0.25) is 0 Å². The SMILES string of the molecule is S=C1N2CCC[C@@H]2[C@H]2CCCN12. The number of hydrogen-bond acceptors (Lipinski definition) is 1. The highest BCUT2D eigenvalue weighted by Crippen LogP contribution is 2.37. The van der Waals surface area contributed by atoms with E-state index in [0.29, 0.717) is 0 Å². The van der Waals surface area contributed by atoms with Crippen LogP contribution in [0, 0.1) is 0 Å². The average molecular weight is 182 g/mol. The lowest BCUT2D eigenvalue weighted by molar-refractivity contribution is 0.341. The van der Waals surface area contributed by atoms with Gasteiger partial charge in [-0.2, -0.15) is 0 Å². The van der Waals surface area contributed by atoms with E-state index in [1.165, 1.54) is 38.8 Å². The molecule has 0 unspecified atom stereocenters. The standard InChI is InChI=1S/C9H14N2S/c12-9-10-5-1-3-7(10)8-4-2-6-11(8)9/h7-8H,1-6H2/t7-,8-/m1/s1. The van der Waals surface area contributed by atoms with E-state index in [-0.39, 0.29) is 0 Å². The van der Waals surface area contributed by atoms with Crippen LogP contribution in [0.2, 0.25) is 0 Å². The molecule has 3 heterocycles. The highest BCUT2D eigenvalue weighted by atomic mass is 32.1. The van der Waals surface area contributed by atoms with Gasteiger partial charge in [-0.25, -0.2) is 0 Å². The molecule has 3 fully saturated rings. The second-order valence-corrected chi connectivity index (χ2v) is 4.45. The molecule has 0 radical (unpaired) electrons. The Hall–Kier alpha value is -0.310. The van der Waals surface area contributed by atoms with Crippen molar-refractivity contribution in [3.05, 3.63) is 0 Å². The van der Waals surface area contributed by atoms with Gasteiger partial charge in [0.2, 0.25) is 0 Å². The van der Waals surface area contributed by atoms with Gasteiger partial charge in [-0.05, 0) is 37.9 Å². The Balaban J connectivity index is 1.94. The summed E-state index contributed by atoms with van der Waals surface area (Å²) >= 11 is 5.45. The fourth-order valence-electron chi connectivity index (χ4n) is 3.03. The Morgan fingerprint density at radius 1 is 1.00 bits per heavy atom. The van der Waals surface area contributed by atoms with E-state index in [1.54, 1.807) is 0 Å². The van der Waals surface area contributed by atoms with E-state index in [2.05, 4.69) is 9.80 Å². The first-order valence-electron chi connectivity index (χ1n) is 4.95. The van der Waals surface area contributed by atoms with E-state index in [9.17, 15) is 0 Å². The van der Waals surface area contributed by atoms with Crippen LogP contribution in [0.25, 0.3) is 0 Å². The third kappa shape index (κ3) is 0.729. The molecule has 3 saturated heterocycles. The van der Waals surface area contributed by atoms with Crippen LogP contribution in [0.15, 0.2) is 0 Å². The third-order valence-corrected chi connectivity index (χ3v) is 4.00. The van der Waals surface area contributed by atoms with Crippen LogP contribution in [0.1, 0.15) is 25.7 Å². The van der Waals surface area contributed by atoms with Crippen molar-refractivity contribution in [2.75, 3.05) is 13.1 Å². The minimum absolute atomic E-state index is 0.792. The molecule has 0 aliphatic carbocycles. The van der Waals surface area contributed by atoms with Crippen LogP contribution in [-0.2, 0) is 0 Å². The highest BCUT2D eigenvalue weighted by molar-refractivity contribution is 7.80. The van der Waals surface area contributed by atoms with Gasteiger partial charge in [0, 0.05) is 13.1 Å². The normalized spacial score (nSPS) is 39.2. The maximum absolute atomic E-state index is 5.45. The van der Waals surface area contributed by atoms with Crippen molar-refractivity contribution in [1.82, 2.24) is 9.80 Å². The molecule has 0 aromatic heterocycles. The third-order valence-electron chi connectivity index (χ3n) is 3.53. The molecule has 0 aromatic rings. The predicted molar refractivity (Wildman–Crippen MR) is 52.1 cm³/mol. The molecule has 66 valence electrons. The fourth-order valence-corrected chi connectivity index (χ4v) is 3.48. The van der Waals surface area contributed by atoms with Gasteiger partial charge < -0.3 is 9.80 Å². The van der Waals surface area contributed by atoms with E-state index in [0.717, 1.165) is 17.2 Å². The second-order valence-electron chi connectivity index (χ2n) is 4.09. The highest BCUT2D eigenvalue weighted by Gasteiger charge is 2.46. The smallest absolute Gasteiger partial charge is 0.172 e. The minimum Gasteiger partial charge on any atom is -0.344 e. The molecule has 2 atom stereocenters. The molecule has 3 heteroatoms. The molecule has 12 heavy (non-hydrogen) atoms. The lowest BCUT2D eigenvalue weighted by Crippen LogP contribution is -2.31. The monoisotopic (exact) mass is 182 g/mol. The van der Waals surface area contributed by atoms with Gasteiger partial charge >= 0.3 is 0 Å². The van der Waals surface area contributed by atoms with Gasteiger partial charge in [0.05, 0.1) is 12.1 Å². The Labute approximate surface area is 78.5 Å². The molecule has 3 aliphatic rings. The summed E-state index contributed by atoms with van der Waals surface area (Å²) in [7, 11) is 0. The average Bonchev–Trinajstić information content (AvgIpc) is 2.72. The zero-order valence-corrected chi connectivity index (χ0v) is 8.02. The van der Waals surface area contributed by atoms with Gasteiger partial charge in [-0.1, -0.05) is 0 Å². The number of rotatable bonds is 0. The van der Waals surface area contributed by atoms with Crippen LogP contribution < -0.4 is 0 Å². The first-order valence-corrected chi connectivity index (χ1v) is 5.36. The molecule has 0 amide bonds. The van der Waals surface area contributed by atoms with Crippen LogP contribution in [0.5, 0.6) is 0 Å². The molecule has 3 rings (SSSR count). The number of nitrogens with zero attached hydrogens (tertiary/aromatic N) is 2. The summed E-state index contributed by atoms with van der Waals surface area (Å²) in [5.41, 5.74) is 0. The van der Waals surface area contributed by atoms with E-state index in [4.69, 9.17) is 12.2 Å². The Bertz CT molecular complexity index is 207. The summed E-state index contributed by atoms with van der Waals surface area (Å²) in [6.45, 7) is 2.44. The summed E-state index contributed by atoms with van der Waals surface area (Å²) in [5, 5.41) is 1.15. The largest absolute Gasteiger partial charge is 0.344 e. The first kappa shape index (κ1) is 7.13. The molecule has 2 nitrogen and oxygen atoms in total. The molecular weight excluding hydrogens is 168 g/mol. The molecule has 0 N–H and O–H groups in total. The summed E-state index contributed by atoms with van der Waals surface area (Å²) < 4.78 is 0. The van der Waals surface area contributed by atoms with Crippen LogP contribution in [-0.4, -0.2) is 40.1 Å². The molecule has 0 spiro atoms. The molecule has 0 saturated carbocycles. The Kier molecular flexibility index (Phi) is 1.39. The lowest BCUT2D eigenvalue weighted by Gasteiger charge is -2.18. The maximum atomic E-state index is 5.45. The molecular formula is C9H14N2S. The van der Waals surface area contributed by atoms with Crippen molar-refractivity contribution in [2.45, 2.75) is 37.8 Å². The zero-order chi connectivity index (χ0) is 8.13. The van der Waals surface area contributed by atoms with E-state index in [1.807, 2.05) is 0 Å². The number of thiocarbonyl (C=S) groups is 1. The van der Waals surface area contributed by atoms with Crippen LogP contribution >= 0.6 is 12.2 Å². The Morgan fingerprint density at radius 2 is 1.50 bits per heavy atom. The second kappa shape index (κ2) is 2.34. The van der Waals surface area contributed by atoms with Gasteiger partial charge in [0.25, 0.3) is 0 Å². The minimum atomic E-state index is 0.792. The topological polar surface area (TPSA) is 6.48 Å². The van der Waals surface area contributed by atoms with Crippen molar-refractivity contribution in [2.24, 2.45) is 0 Å². The van der Waals surface area contributed by atoms with Gasteiger partial charge in [0.15, 0.2) is 5.11 Å². The van der Waals surface area contributed by atoms with Crippen molar-refractivity contribution in [1.29, 1.82) is 0 Å². The van der Waals surface area contributed by atoms with Crippen LogP contribution in [0.3, 0.4) is 0 Å².